The van der Waals surface area contributed by atoms with E-state index in [0.29, 0.717) is 70.3 Å². The molecule has 4 aromatic rings. The Morgan fingerprint density at radius 2 is 1.80 bits per heavy atom. The number of sulfonamides is 1. The van der Waals surface area contributed by atoms with Crippen molar-refractivity contribution >= 4 is 77.3 Å². The van der Waals surface area contributed by atoms with Crippen molar-refractivity contribution in [1.29, 1.82) is 0 Å². The lowest BCUT2D eigenvalue weighted by Crippen LogP contribution is -2.34. The van der Waals surface area contributed by atoms with Crippen molar-refractivity contribution in [1.82, 2.24) is 19.9 Å². The molecule has 0 unspecified atom stereocenters. The van der Waals surface area contributed by atoms with E-state index >= 15 is 0 Å². The van der Waals surface area contributed by atoms with Crippen LogP contribution in [-0.2, 0) is 21.2 Å². The number of halogens is 1. The molecule has 0 spiro atoms. The molecule has 0 atom stereocenters. The van der Waals surface area contributed by atoms with Crippen LogP contribution in [0, 0.1) is 0 Å². The Balaban J connectivity index is 1.47. The molecule has 1 fully saturated rings. The van der Waals surface area contributed by atoms with Crippen LogP contribution in [0.2, 0.25) is 0 Å². The van der Waals surface area contributed by atoms with Crippen LogP contribution in [0.3, 0.4) is 0 Å². The van der Waals surface area contributed by atoms with Crippen LogP contribution in [0.4, 0.5) is 34.5 Å². The summed E-state index contributed by atoms with van der Waals surface area (Å²) in [6, 6.07) is 7.44. The van der Waals surface area contributed by atoms with Gasteiger partial charge in [-0.15, -0.1) is 0 Å². The third kappa shape index (κ3) is 6.49. The summed E-state index contributed by atoms with van der Waals surface area (Å²) in [5.41, 5.74) is 4.45. The van der Waals surface area contributed by atoms with E-state index in [9.17, 15) is 13.2 Å². The number of aryl methyl sites for hydroxylation is 1. The number of hydrogen-bond donors (Lipinski definition) is 3. The normalized spacial score (nSPS) is 13.8. The third-order valence-electron chi connectivity index (χ3n) is 6.62. The van der Waals surface area contributed by atoms with E-state index in [2.05, 4.69) is 63.0 Å². The molecule has 3 heterocycles. The zero-order chi connectivity index (χ0) is 29.1. The Bertz CT molecular complexity index is 1720. The summed E-state index contributed by atoms with van der Waals surface area (Å²) in [5, 5.41) is 6.45. The van der Waals surface area contributed by atoms with Gasteiger partial charge in [-0.2, -0.15) is 4.98 Å². The van der Waals surface area contributed by atoms with Crippen LogP contribution in [0.5, 0.6) is 5.75 Å². The van der Waals surface area contributed by atoms with Gasteiger partial charge in [0.05, 0.1) is 40.4 Å². The summed E-state index contributed by atoms with van der Waals surface area (Å²) in [6.07, 6.45) is 7.57. The number of rotatable bonds is 9. The predicted octanol–water partition coefficient (Wildman–Crippen LogP) is 4.78. The summed E-state index contributed by atoms with van der Waals surface area (Å²) in [5.74, 6) is 1.59. The monoisotopic (exact) mass is 640 g/mol. The maximum absolute atomic E-state index is 12.2. The molecule has 2 aromatic heterocycles. The molecule has 2 aromatic carbocycles. The standard InChI is InChI=1S/C27H29BrN8O4S/c1-4-16-13-21(23(40-2)14-22(16)36-11-7-17(37)8-12-36)33-27-31-15-18(28)26(34-27)32-20-6-5-19-24(30-10-9-29-19)25(20)35-41(3,38)39/h5-6,9-10,13-15,35H,4,7-8,11-12H2,1-3H3,(H2,31,32,33,34). The molecule has 3 N–H and O–H groups in total. The fraction of sp³-hybridized carbons (Fsp3) is 0.296. The number of carbonyl (C=O) groups excluding carboxylic acids is 1. The molecule has 41 heavy (non-hydrogen) atoms. The van der Waals surface area contributed by atoms with E-state index in [0.717, 1.165) is 23.9 Å². The SMILES string of the molecule is CCc1cc(Nc2ncc(Br)c(Nc3ccc4nccnc4c3NS(C)(=O)=O)n2)c(OC)cc1N1CCC(=O)CC1. The molecule has 0 saturated carbocycles. The molecule has 1 aliphatic heterocycles. The highest BCUT2D eigenvalue weighted by molar-refractivity contribution is 9.10. The Hall–Kier alpha value is -4.04. The zero-order valence-electron chi connectivity index (χ0n) is 22.7. The second kappa shape index (κ2) is 11.8. The van der Waals surface area contributed by atoms with Crippen LogP contribution >= 0.6 is 15.9 Å². The molecular formula is C27H29BrN8O4S. The van der Waals surface area contributed by atoms with Crippen LogP contribution in [0.1, 0.15) is 25.3 Å². The number of hydrogen-bond acceptors (Lipinski definition) is 11. The lowest BCUT2D eigenvalue weighted by molar-refractivity contribution is -0.119. The molecule has 14 heteroatoms. The van der Waals surface area contributed by atoms with Gasteiger partial charge in [0.15, 0.2) is 0 Å². The fourth-order valence-electron chi connectivity index (χ4n) is 4.65. The summed E-state index contributed by atoms with van der Waals surface area (Å²) >= 11 is 3.48. The Morgan fingerprint density at radius 1 is 1.05 bits per heavy atom. The first-order valence-corrected chi connectivity index (χ1v) is 15.6. The molecule has 12 nitrogen and oxygen atoms in total. The Morgan fingerprint density at radius 3 is 2.51 bits per heavy atom. The van der Waals surface area contributed by atoms with Crippen molar-refractivity contribution in [2.24, 2.45) is 0 Å². The molecule has 1 aliphatic rings. The summed E-state index contributed by atoms with van der Waals surface area (Å²) in [7, 11) is -2.02. The minimum atomic E-state index is -3.62. The Labute approximate surface area is 246 Å². The van der Waals surface area contributed by atoms with Gasteiger partial charge in [-0.25, -0.2) is 13.4 Å². The second-order valence-corrected chi connectivity index (χ2v) is 12.1. The van der Waals surface area contributed by atoms with Gasteiger partial charge in [0.1, 0.15) is 22.9 Å². The molecular weight excluding hydrogens is 612 g/mol. The minimum absolute atomic E-state index is 0.252. The smallest absolute Gasteiger partial charge is 0.229 e. The largest absolute Gasteiger partial charge is 0.494 e. The van der Waals surface area contributed by atoms with Gasteiger partial charge in [-0.1, -0.05) is 6.92 Å². The van der Waals surface area contributed by atoms with E-state index in [-0.39, 0.29) is 11.5 Å². The average molecular weight is 642 g/mol. The Kier molecular flexibility index (Phi) is 8.22. The number of Topliss-reactive ketones (excluding diaryl/α,β-unsaturated/α-hetero) is 1. The minimum Gasteiger partial charge on any atom is -0.494 e. The second-order valence-electron chi connectivity index (χ2n) is 9.49. The summed E-state index contributed by atoms with van der Waals surface area (Å²) < 4.78 is 33.1. The van der Waals surface area contributed by atoms with Gasteiger partial charge >= 0.3 is 0 Å². The molecule has 0 bridgehead atoms. The number of aromatic nitrogens is 4. The number of anilines is 6. The van der Waals surface area contributed by atoms with Gasteiger partial charge in [-0.3, -0.25) is 19.5 Å². The highest BCUT2D eigenvalue weighted by atomic mass is 79.9. The first kappa shape index (κ1) is 28.5. The zero-order valence-corrected chi connectivity index (χ0v) is 25.1. The summed E-state index contributed by atoms with van der Waals surface area (Å²) in [6.45, 7) is 3.45. The van der Waals surface area contributed by atoms with Gasteiger partial charge in [0.2, 0.25) is 16.0 Å². The summed E-state index contributed by atoms with van der Waals surface area (Å²) in [4.78, 5) is 31.6. The lowest BCUT2D eigenvalue weighted by atomic mass is 10.0. The van der Waals surface area contributed by atoms with Crippen LogP contribution in [0.25, 0.3) is 11.0 Å². The van der Waals surface area contributed by atoms with E-state index in [1.807, 2.05) is 12.1 Å². The number of benzene rings is 2. The van der Waals surface area contributed by atoms with Crippen molar-refractivity contribution in [2.45, 2.75) is 26.2 Å². The molecule has 0 aliphatic carbocycles. The molecule has 214 valence electrons. The van der Waals surface area contributed by atoms with Crippen LogP contribution in [-0.4, -0.2) is 60.6 Å². The van der Waals surface area contributed by atoms with Gasteiger partial charge in [-0.05, 0) is 46.1 Å². The number of ketones is 1. The van der Waals surface area contributed by atoms with Crippen LogP contribution in [0.15, 0.2) is 47.3 Å². The number of fused-ring (bicyclic) bond motifs is 1. The number of methoxy groups -OCH3 is 1. The number of carbonyl (C=O) groups is 1. The lowest BCUT2D eigenvalue weighted by Gasteiger charge is -2.30. The van der Waals surface area contributed by atoms with Gasteiger partial charge < -0.3 is 20.3 Å². The van der Waals surface area contributed by atoms with E-state index in [1.54, 1.807) is 25.4 Å². The van der Waals surface area contributed by atoms with Gasteiger partial charge in [0.25, 0.3) is 0 Å². The first-order chi connectivity index (χ1) is 19.6. The maximum Gasteiger partial charge on any atom is 0.229 e. The number of ether oxygens (including phenoxy) is 1. The molecule has 1 saturated heterocycles. The molecule has 0 radical (unpaired) electrons. The average Bonchev–Trinajstić information content (AvgIpc) is 2.95. The highest BCUT2D eigenvalue weighted by Gasteiger charge is 2.21. The quantitative estimate of drug-likeness (QED) is 0.232. The van der Waals surface area contributed by atoms with E-state index in [1.165, 1.54) is 12.4 Å². The van der Waals surface area contributed by atoms with Crippen LogP contribution < -0.4 is 25.0 Å². The number of piperidine rings is 1. The molecule has 0 amide bonds. The van der Waals surface area contributed by atoms with Crippen molar-refractivity contribution in [3.8, 4) is 5.75 Å². The van der Waals surface area contributed by atoms with Crippen molar-refractivity contribution in [3.05, 3.63) is 52.9 Å². The highest BCUT2D eigenvalue weighted by Crippen LogP contribution is 2.37. The topological polar surface area (TPSA) is 151 Å². The maximum atomic E-state index is 12.2. The third-order valence-corrected chi connectivity index (χ3v) is 7.77. The first-order valence-electron chi connectivity index (χ1n) is 12.9. The van der Waals surface area contributed by atoms with Crippen molar-refractivity contribution in [2.75, 3.05) is 46.7 Å². The van der Waals surface area contributed by atoms with Gasteiger partial charge in [0, 0.05) is 56.3 Å². The van der Waals surface area contributed by atoms with Crippen molar-refractivity contribution in [3.63, 3.8) is 0 Å². The van der Waals surface area contributed by atoms with Crippen molar-refractivity contribution < 1.29 is 17.9 Å². The fourth-order valence-corrected chi connectivity index (χ4v) is 5.52. The predicted molar refractivity (Wildman–Crippen MR) is 163 cm³/mol. The number of nitrogens with zero attached hydrogens (tertiary/aromatic N) is 5. The number of nitrogens with one attached hydrogen (secondary N) is 3. The van der Waals surface area contributed by atoms with E-state index in [4.69, 9.17) is 4.74 Å². The molecule has 5 rings (SSSR count). The van der Waals surface area contributed by atoms with E-state index < -0.39 is 10.0 Å².